The van der Waals surface area contributed by atoms with Crippen LogP contribution in [-0.2, 0) is 5.41 Å². The van der Waals surface area contributed by atoms with E-state index in [0.29, 0.717) is 0 Å². The average molecular weight is 400 g/mol. The number of rotatable bonds is 4. The summed E-state index contributed by atoms with van der Waals surface area (Å²) in [5, 5.41) is 0. The molecule has 0 aromatic heterocycles. The van der Waals surface area contributed by atoms with Crippen molar-refractivity contribution in [3.8, 4) is 11.1 Å². The van der Waals surface area contributed by atoms with Crippen molar-refractivity contribution in [1.82, 2.24) is 0 Å². The highest BCUT2D eigenvalue weighted by molar-refractivity contribution is 5.68. The average Bonchev–Trinajstić information content (AvgIpc) is 2.65. The van der Waals surface area contributed by atoms with Crippen LogP contribution in [0.25, 0.3) is 11.1 Å². The predicted molar refractivity (Wildman–Crippen MR) is 79.4 cm³/mol. The Hall–Kier alpha value is -2.19. The molecule has 27 heavy (non-hydrogen) atoms. The minimum atomic E-state index is -2.58. The first kappa shape index (κ1) is 21.1. The molecule has 0 aliphatic heterocycles. The molecule has 2 aromatic rings. The van der Waals surface area contributed by atoms with E-state index in [4.69, 9.17) is 0 Å². The molecule has 0 N–H and O–H groups in total. The molecule has 0 atom stereocenters. The van der Waals surface area contributed by atoms with Crippen LogP contribution in [0.4, 0.5) is 39.5 Å². The Labute approximate surface area is 148 Å². The van der Waals surface area contributed by atoms with Crippen molar-refractivity contribution >= 4 is 0 Å². The lowest BCUT2D eigenvalue weighted by molar-refractivity contribution is 0.358. The highest BCUT2D eigenvalue weighted by Gasteiger charge is 2.38. The topological polar surface area (TPSA) is 0 Å². The van der Waals surface area contributed by atoms with Gasteiger partial charge in [0.05, 0.1) is 11.1 Å². The van der Waals surface area contributed by atoms with E-state index in [-0.39, 0.29) is 12.8 Å². The maximum Gasteiger partial charge on any atom is 0.200 e. The zero-order valence-electron chi connectivity index (χ0n) is 14.3. The predicted octanol–water partition coefficient (Wildman–Crippen LogP) is 6.68. The van der Waals surface area contributed by atoms with Crippen LogP contribution in [0.15, 0.2) is 0 Å². The summed E-state index contributed by atoms with van der Waals surface area (Å²) in [6.45, 7) is 4.30. The Morgan fingerprint density at radius 3 is 1.04 bits per heavy atom. The van der Waals surface area contributed by atoms with Crippen LogP contribution in [0.3, 0.4) is 0 Å². The van der Waals surface area contributed by atoms with E-state index in [9.17, 15) is 39.5 Å². The van der Waals surface area contributed by atoms with Crippen LogP contribution < -0.4 is 0 Å². The normalized spacial score (nSPS) is 12.0. The third kappa shape index (κ3) is 2.96. The fourth-order valence-electron chi connectivity index (χ4n) is 2.81. The van der Waals surface area contributed by atoms with E-state index in [1.807, 2.05) is 0 Å². The number of halogens is 9. The Bertz CT molecular complexity index is 856. The summed E-state index contributed by atoms with van der Waals surface area (Å²) in [5.74, 6) is -21.2. The molecule has 0 nitrogen and oxygen atoms in total. The van der Waals surface area contributed by atoms with Gasteiger partial charge >= 0.3 is 0 Å². The molecular weight excluding hydrogens is 387 g/mol. The highest BCUT2D eigenvalue weighted by atomic mass is 19.2. The van der Waals surface area contributed by atoms with Crippen molar-refractivity contribution in [3.05, 3.63) is 57.9 Å². The van der Waals surface area contributed by atoms with Gasteiger partial charge in [-0.25, -0.2) is 39.5 Å². The first-order valence-corrected chi connectivity index (χ1v) is 7.82. The molecule has 0 heterocycles. The first-order chi connectivity index (χ1) is 12.4. The molecule has 2 rings (SSSR count). The molecule has 0 unspecified atom stereocenters. The van der Waals surface area contributed by atoms with Crippen molar-refractivity contribution in [1.29, 1.82) is 0 Å². The molecule has 0 spiro atoms. The van der Waals surface area contributed by atoms with E-state index >= 15 is 0 Å². The van der Waals surface area contributed by atoms with Crippen LogP contribution in [0.5, 0.6) is 0 Å². The molecule has 0 bridgehead atoms. The third-order valence-electron chi connectivity index (χ3n) is 4.89. The minimum absolute atomic E-state index is 0.0537. The molecule has 0 aliphatic carbocycles. The van der Waals surface area contributed by atoms with Gasteiger partial charge < -0.3 is 0 Å². The molecule has 0 aliphatic rings. The van der Waals surface area contributed by atoms with Crippen molar-refractivity contribution < 1.29 is 39.5 Å². The molecule has 0 saturated heterocycles. The maximum atomic E-state index is 14.5. The lowest BCUT2D eigenvalue weighted by Gasteiger charge is -2.29. The summed E-state index contributed by atoms with van der Waals surface area (Å²) in [4.78, 5) is 0. The fraction of sp³-hybridized carbons (Fsp3) is 0.333. The standard InChI is InChI=1S/C18H13F9/c1-4-18(3,5-2)8-13(23)9(19)6(10(20)14(8)24)7-11(21)15(25)17(27)16(26)12(7)22/h4-5H2,1-3H3. The second-order valence-corrected chi connectivity index (χ2v) is 6.22. The minimum Gasteiger partial charge on any atom is -0.203 e. The zero-order chi connectivity index (χ0) is 20.8. The van der Waals surface area contributed by atoms with Gasteiger partial charge in [-0.15, -0.1) is 0 Å². The smallest absolute Gasteiger partial charge is 0.200 e. The zero-order valence-corrected chi connectivity index (χ0v) is 14.3. The fourth-order valence-corrected chi connectivity index (χ4v) is 2.81. The number of hydrogen-bond donors (Lipinski definition) is 0. The van der Waals surface area contributed by atoms with E-state index in [1.54, 1.807) is 0 Å². The van der Waals surface area contributed by atoms with E-state index < -0.39 is 74.5 Å². The second kappa shape index (κ2) is 7.09. The quantitative estimate of drug-likeness (QED) is 0.305. The second-order valence-electron chi connectivity index (χ2n) is 6.22. The van der Waals surface area contributed by atoms with E-state index in [2.05, 4.69) is 0 Å². The van der Waals surface area contributed by atoms with Crippen LogP contribution in [0, 0.1) is 52.4 Å². The Kier molecular flexibility index (Phi) is 5.54. The van der Waals surface area contributed by atoms with Crippen molar-refractivity contribution in [2.45, 2.75) is 39.0 Å². The largest absolute Gasteiger partial charge is 0.203 e. The van der Waals surface area contributed by atoms with Crippen molar-refractivity contribution in [3.63, 3.8) is 0 Å². The lowest BCUT2D eigenvalue weighted by atomic mass is 9.76. The third-order valence-corrected chi connectivity index (χ3v) is 4.89. The van der Waals surface area contributed by atoms with Crippen LogP contribution in [-0.4, -0.2) is 0 Å². The van der Waals surface area contributed by atoms with E-state index in [0.717, 1.165) is 0 Å². The van der Waals surface area contributed by atoms with Crippen molar-refractivity contribution in [2.24, 2.45) is 0 Å². The Balaban J connectivity index is 3.00. The summed E-state index contributed by atoms with van der Waals surface area (Å²) in [6.07, 6.45) is 0.107. The van der Waals surface area contributed by atoms with Gasteiger partial charge in [-0.05, 0) is 18.3 Å². The van der Waals surface area contributed by atoms with Gasteiger partial charge in [0.1, 0.15) is 0 Å². The van der Waals surface area contributed by atoms with Gasteiger partial charge in [0.25, 0.3) is 0 Å². The lowest BCUT2D eigenvalue weighted by Crippen LogP contribution is -2.25. The van der Waals surface area contributed by atoms with Gasteiger partial charge in [-0.2, -0.15) is 0 Å². The van der Waals surface area contributed by atoms with Crippen molar-refractivity contribution in [2.75, 3.05) is 0 Å². The van der Waals surface area contributed by atoms with Gasteiger partial charge in [-0.3, -0.25) is 0 Å². The molecule has 148 valence electrons. The molecule has 2 aromatic carbocycles. The summed E-state index contributed by atoms with van der Waals surface area (Å²) in [7, 11) is 0. The monoisotopic (exact) mass is 400 g/mol. The van der Waals surface area contributed by atoms with Gasteiger partial charge in [0, 0.05) is 5.56 Å². The first-order valence-electron chi connectivity index (χ1n) is 7.82. The van der Waals surface area contributed by atoms with Crippen LogP contribution >= 0.6 is 0 Å². The van der Waals surface area contributed by atoms with Crippen LogP contribution in [0.2, 0.25) is 0 Å². The number of benzene rings is 2. The van der Waals surface area contributed by atoms with Gasteiger partial charge in [0.15, 0.2) is 46.5 Å². The number of hydrogen-bond acceptors (Lipinski definition) is 0. The summed E-state index contributed by atoms with van der Waals surface area (Å²) < 4.78 is 126. The van der Waals surface area contributed by atoms with E-state index in [1.165, 1.54) is 20.8 Å². The summed E-state index contributed by atoms with van der Waals surface area (Å²) >= 11 is 0. The Morgan fingerprint density at radius 2 is 0.741 bits per heavy atom. The molecule has 0 amide bonds. The van der Waals surface area contributed by atoms with Gasteiger partial charge in [0.2, 0.25) is 5.82 Å². The Morgan fingerprint density at radius 1 is 0.481 bits per heavy atom. The van der Waals surface area contributed by atoms with Gasteiger partial charge in [-0.1, -0.05) is 20.8 Å². The molecule has 0 saturated carbocycles. The maximum absolute atomic E-state index is 14.5. The molecule has 0 radical (unpaired) electrons. The SMILES string of the molecule is CCC(C)(CC)c1c(F)c(F)c(-c2c(F)c(F)c(F)c(F)c2F)c(F)c1F. The summed E-state index contributed by atoms with van der Waals surface area (Å²) in [6, 6.07) is 0. The molecule has 9 heteroatoms. The van der Waals surface area contributed by atoms with Crippen LogP contribution in [0.1, 0.15) is 39.2 Å². The highest BCUT2D eigenvalue weighted by Crippen LogP contribution is 2.42. The summed E-state index contributed by atoms with van der Waals surface area (Å²) in [5.41, 5.74) is -6.46. The molecular formula is C18H13F9. The molecule has 0 fully saturated rings.